The van der Waals surface area contributed by atoms with Crippen LogP contribution in [0.25, 0.3) is 11.4 Å². The zero-order valence-corrected chi connectivity index (χ0v) is 21.2. The summed E-state index contributed by atoms with van der Waals surface area (Å²) < 4.78 is 24.1. The molecule has 34 heavy (non-hydrogen) atoms. The summed E-state index contributed by atoms with van der Waals surface area (Å²) in [5.74, 6) is 1.89. The van der Waals surface area contributed by atoms with Gasteiger partial charge in [0.05, 0.1) is 41.3 Å². The van der Waals surface area contributed by atoms with Crippen molar-refractivity contribution in [3.05, 3.63) is 35.1 Å². The predicted molar refractivity (Wildman–Crippen MR) is 130 cm³/mol. The second kappa shape index (κ2) is 11.5. The van der Waals surface area contributed by atoms with Gasteiger partial charge in [-0.15, -0.1) is 10.2 Å². The molecule has 0 saturated carbocycles. The van der Waals surface area contributed by atoms with E-state index in [2.05, 4.69) is 30.0 Å². The van der Waals surface area contributed by atoms with Gasteiger partial charge in [0.25, 0.3) is 0 Å². The molecule has 0 saturated heterocycles. The van der Waals surface area contributed by atoms with Crippen LogP contribution in [0.5, 0.6) is 0 Å². The first-order chi connectivity index (χ1) is 16.6. The Morgan fingerprint density at radius 1 is 1.12 bits per heavy atom. The van der Waals surface area contributed by atoms with Crippen LogP contribution in [0.4, 0.5) is 5.95 Å². The van der Waals surface area contributed by atoms with E-state index in [1.54, 1.807) is 33.7 Å². The van der Waals surface area contributed by atoms with Gasteiger partial charge in [-0.25, -0.2) is 9.97 Å². The monoisotopic (exact) mass is 508 g/mol. The molecule has 3 aromatic heterocycles. The van der Waals surface area contributed by atoms with E-state index in [1.807, 2.05) is 22.4 Å². The van der Waals surface area contributed by atoms with Crippen molar-refractivity contribution in [1.29, 1.82) is 0 Å². The Bertz CT molecular complexity index is 1070. The molecule has 3 aromatic rings. The molecule has 0 fully saturated rings. The number of hydrogen-bond acceptors (Lipinski definition) is 10. The fourth-order valence-electron chi connectivity index (χ4n) is 4.11. The highest BCUT2D eigenvalue weighted by Crippen LogP contribution is 2.33. The number of fused-ring (bicyclic) bond motifs is 1. The second-order valence-corrected chi connectivity index (χ2v) is 9.57. The van der Waals surface area contributed by atoms with E-state index in [0.29, 0.717) is 30.0 Å². The van der Waals surface area contributed by atoms with Crippen molar-refractivity contribution < 1.29 is 14.2 Å². The molecule has 1 aliphatic heterocycles. The molecular formula is C21H29ClN8O3S. The second-order valence-electron chi connectivity index (χ2n) is 7.95. The molecule has 0 spiro atoms. The molecule has 11 nitrogen and oxygen atoms in total. The number of halogens is 1. The van der Waals surface area contributed by atoms with Gasteiger partial charge in [-0.05, 0) is 31.7 Å². The summed E-state index contributed by atoms with van der Waals surface area (Å²) in [6.07, 6.45) is 6.69. The highest BCUT2D eigenvalue weighted by molar-refractivity contribution is 8.01. The first kappa shape index (κ1) is 24.9. The van der Waals surface area contributed by atoms with Crippen LogP contribution in [-0.4, -0.2) is 74.3 Å². The zero-order valence-electron chi connectivity index (χ0n) is 19.6. The number of aromatic nitrogens is 7. The third kappa shape index (κ3) is 5.20. The number of ether oxygens (including phenoxy) is 3. The standard InChI is InChI=1S/C21H29ClN8O3S/c1-13(18(33-4)19-23-8-14(22)9-24-19)34-28-21-27-26-20(30(21)15(11-31-2)12-32-3)16-10-25-29-7-5-6-17(16)29/h8-10,13,15,18H,5-7,11-12H2,1-4H3,(H,27,28). The van der Waals surface area contributed by atoms with E-state index >= 15 is 0 Å². The molecule has 0 aromatic carbocycles. The van der Waals surface area contributed by atoms with Crippen molar-refractivity contribution in [2.75, 3.05) is 39.3 Å². The van der Waals surface area contributed by atoms with E-state index < -0.39 is 0 Å². The van der Waals surface area contributed by atoms with E-state index in [0.717, 1.165) is 30.8 Å². The van der Waals surface area contributed by atoms with E-state index in [9.17, 15) is 0 Å². The van der Waals surface area contributed by atoms with E-state index in [-0.39, 0.29) is 17.4 Å². The normalized spacial score (nSPS) is 15.0. The molecule has 1 aliphatic rings. The van der Waals surface area contributed by atoms with Gasteiger partial charge in [0.15, 0.2) is 11.6 Å². The number of nitrogens with zero attached hydrogens (tertiary/aromatic N) is 7. The fraction of sp³-hybridized carbons (Fsp3) is 0.571. The van der Waals surface area contributed by atoms with Crippen LogP contribution in [0.2, 0.25) is 5.02 Å². The Balaban J connectivity index is 1.60. The molecule has 2 unspecified atom stereocenters. The number of anilines is 1. The topological polar surface area (TPSA) is 114 Å². The number of hydrogen-bond donors (Lipinski definition) is 1. The zero-order chi connectivity index (χ0) is 24.1. The van der Waals surface area contributed by atoms with Crippen LogP contribution in [0, 0.1) is 0 Å². The number of aryl methyl sites for hydroxylation is 1. The van der Waals surface area contributed by atoms with Gasteiger partial charge in [-0.1, -0.05) is 11.6 Å². The average molecular weight is 509 g/mol. The van der Waals surface area contributed by atoms with Crippen LogP contribution >= 0.6 is 23.5 Å². The molecule has 1 N–H and O–H groups in total. The highest BCUT2D eigenvalue weighted by atomic mass is 35.5. The molecule has 4 rings (SSSR count). The summed E-state index contributed by atoms with van der Waals surface area (Å²) in [5.41, 5.74) is 2.16. The van der Waals surface area contributed by atoms with Gasteiger partial charge >= 0.3 is 0 Å². The van der Waals surface area contributed by atoms with Gasteiger partial charge in [-0.2, -0.15) is 5.10 Å². The first-order valence-corrected chi connectivity index (χ1v) is 12.2. The Morgan fingerprint density at radius 2 is 1.85 bits per heavy atom. The summed E-state index contributed by atoms with van der Waals surface area (Å²) in [6, 6.07) is -0.131. The Morgan fingerprint density at radius 3 is 2.53 bits per heavy atom. The SMILES string of the molecule is COCC(COC)n1c(NSC(C)C(OC)c2ncc(Cl)cn2)nnc1-c1cnn2c1CCC2. The molecular weight excluding hydrogens is 480 g/mol. The Hall–Kier alpha value is -2.25. The van der Waals surface area contributed by atoms with Gasteiger partial charge in [0.2, 0.25) is 5.95 Å². The molecule has 0 amide bonds. The molecule has 0 aliphatic carbocycles. The predicted octanol–water partition coefficient (Wildman–Crippen LogP) is 3.20. The smallest absolute Gasteiger partial charge is 0.235 e. The minimum Gasteiger partial charge on any atom is -0.382 e. The molecule has 2 atom stereocenters. The maximum atomic E-state index is 5.93. The average Bonchev–Trinajstić information content (AvgIpc) is 3.55. The lowest BCUT2D eigenvalue weighted by molar-refractivity contribution is 0.0908. The largest absolute Gasteiger partial charge is 0.382 e. The van der Waals surface area contributed by atoms with Crippen molar-refractivity contribution >= 4 is 29.5 Å². The summed E-state index contributed by atoms with van der Waals surface area (Å²) in [6.45, 7) is 3.83. The number of rotatable bonds is 12. The van der Waals surface area contributed by atoms with Crippen molar-refractivity contribution in [1.82, 2.24) is 34.5 Å². The summed E-state index contributed by atoms with van der Waals surface area (Å²) in [4.78, 5) is 8.61. The lowest BCUT2D eigenvalue weighted by Crippen LogP contribution is -2.23. The Kier molecular flexibility index (Phi) is 8.37. The summed E-state index contributed by atoms with van der Waals surface area (Å²) >= 11 is 7.38. The number of nitrogens with one attached hydrogen (secondary N) is 1. The minimum atomic E-state index is -0.349. The molecule has 13 heteroatoms. The lowest BCUT2D eigenvalue weighted by atomic mass is 10.1. The third-order valence-corrected chi connectivity index (χ3v) is 6.78. The maximum absolute atomic E-state index is 5.93. The molecule has 184 valence electrons. The van der Waals surface area contributed by atoms with Crippen molar-refractivity contribution in [2.24, 2.45) is 0 Å². The third-order valence-electron chi connectivity index (χ3n) is 5.66. The van der Waals surface area contributed by atoms with Crippen LogP contribution in [-0.2, 0) is 27.2 Å². The van der Waals surface area contributed by atoms with Crippen LogP contribution < -0.4 is 4.72 Å². The van der Waals surface area contributed by atoms with E-state index in [4.69, 9.17) is 25.8 Å². The number of methoxy groups -OCH3 is 3. The van der Waals surface area contributed by atoms with Gasteiger partial charge in [0, 0.05) is 46.0 Å². The first-order valence-electron chi connectivity index (χ1n) is 11.0. The molecule has 0 bridgehead atoms. The van der Waals surface area contributed by atoms with Crippen LogP contribution in [0.1, 0.15) is 37.0 Å². The summed E-state index contributed by atoms with van der Waals surface area (Å²) in [5, 5.41) is 14.0. The van der Waals surface area contributed by atoms with Crippen molar-refractivity contribution in [3.8, 4) is 11.4 Å². The van der Waals surface area contributed by atoms with Gasteiger partial charge in [-0.3, -0.25) is 14.0 Å². The maximum Gasteiger partial charge on any atom is 0.235 e. The lowest BCUT2D eigenvalue weighted by Gasteiger charge is -2.23. The van der Waals surface area contributed by atoms with Crippen molar-refractivity contribution in [3.63, 3.8) is 0 Å². The van der Waals surface area contributed by atoms with Gasteiger partial charge < -0.3 is 14.2 Å². The van der Waals surface area contributed by atoms with E-state index in [1.165, 1.54) is 17.6 Å². The highest BCUT2D eigenvalue weighted by Gasteiger charge is 2.28. The minimum absolute atomic E-state index is 0.0523. The Labute approximate surface area is 207 Å². The van der Waals surface area contributed by atoms with Crippen LogP contribution in [0.15, 0.2) is 18.6 Å². The summed E-state index contributed by atoms with van der Waals surface area (Å²) in [7, 11) is 4.97. The van der Waals surface area contributed by atoms with Crippen LogP contribution in [0.3, 0.4) is 0 Å². The quantitative estimate of drug-likeness (QED) is 0.366. The fourth-order valence-corrected chi connectivity index (χ4v) is 4.99. The molecule has 0 radical (unpaired) electrons. The van der Waals surface area contributed by atoms with Crippen molar-refractivity contribution in [2.45, 2.75) is 43.7 Å². The molecule has 4 heterocycles. The van der Waals surface area contributed by atoms with Gasteiger partial charge in [0.1, 0.15) is 6.10 Å².